The summed E-state index contributed by atoms with van der Waals surface area (Å²) in [5, 5.41) is 3.34. The Hall–Kier alpha value is -2.89. The summed E-state index contributed by atoms with van der Waals surface area (Å²) >= 11 is 0. The molecule has 1 saturated heterocycles. The first kappa shape index (κ1) is 19.9. The fourth-order valence-corrected chi connectivity index (χ4v) is 3.44. The van der Waals surface area contributed by atoms with Crippen LogP contribution in [0.4, 0.5) is 17.1 Å². The van der Waals surface area contributed by atoms with Gasteiger partial charge < -0.3 is 24.8 Å². The van der Waals surface area contributed by atoms with Gasteiger partial charge in [-0.1, -0.05) is 12.1 Å². The van der Waals surface area contributed by atoms with Crippen LogP contribution in [-0.2, 0) is 4.79 Å². The van der Waals surface area contributed by atoms with Gasteiger partial charge in [0, 0.05) is 64.6 Å². The third-order valence-corrected chi connectivity index (χ3v) is 5.11. The molecule has 0 radical (unpaired) electrons. The number of hydrogen-bond acceptors (Lipinski definition) is 5. The van der Waals surface area contributed by atoms with Crippen LogP contribution >= 0.6 is 0 Å². The minimum absolute atomic E-state index is 0.206. The molecule has 1 aliphatic rings. The van der Waals surface area contributed by atoms with Gasteiger partial charge in [0.2, 0.25) is 5.91 Å². The molecular weight excluding hydrogens is 352 g/mol. The van der Waals surface area contributed by atoms with Crippen LogP contribution in [0.5, 0.6) is 5.75 Å². The topological polar surface area (TPSA) is 48.1 Å². The maximum absolute atomic E-state index is 12.5. The number of benzene rings is 2. The minimum atomic E-state index is 0.206. The Balaban J connectivity index is 1.44. The van der Waals surface area contributed by atoms with Gasteiger partial charge in [-0.2, -0.15) is 0 Å². The number of para-hydroxylation sites is 2. The van der Waals surface area contributed by atoms with Crippen LogP contribution in [0.15, 0.2) is 48.5 Å². The molecule has 1 aliphatic heterocycles. The summed E-state index contributed by atoms with van der Waals surface area (Å²) in [4.78, 5) is 18.8. The first-order valence-electron chi connectivity index (χ1n) is 9.75. The lowest BCUT2D eigenvalue weighted by Crippen LogP contribution is -2.49. The molecule has 0 spiro atoms. The number of anilines is 3. The first-order chi connectivity index (χ1) is 13.6. The number of carbonyl (C=O) groups excluding carboxylic acids is 1. The number of carbonyl (C=O) groups is 1. The Morgan fingerprint density at radius 3 is 2.36 bits per heavy atom. The molecule has 3 rings (SSSR count). The van der Waals surface area contributed by atoms with Crippen molar-refractivity contribution in [2.45, 2.75) is 6.42 Å². The van der Waals surface area contributed by atoms with Crippen molar-refractivity contribution >= 4 is 23.0 Å². The summed E-state index contributed by atoms with van der Waals surface area (Å²) in [6, 6.07) is 16.3. The van der Waals surface area contributed by atoms with Gasteiger partial charge in [0.05, 0.1) is 12.8 Å². The molecule has 0 unspecified atom stereocenters. The summed E-state index contributed by atoms with van der Waals surface area (Å²) in [6.07, 6.45) is 0.504. The normalized spacial score (nSPS) is 14.0. The van der Waals surface area contributed by atoms with Crippen molar-refractivity contribution < 1.29 is 9.53 Å². The van der Waals surface area contributed by atoms with Gasteiger partial charge in [-0.25, -0.2) is 0 Å². The highest BCUT2D eigenvalue weighted by Crippen LogP contribution is 2.28. The number of hydrogen-bond donors (Lipinski definition) is 1. The van der Waals surface area contributed by atoms with Crippen LogP contribution in [0, 0.1) is 0 Å². The lowest BCUT2D eigenvalue weighted by Gasteiger charge is -2.36. The van der Waals surface area contributed by atoms with E-state index in [1.54, 1.807) is 7.11 Å². The SMILES string of the molecule is COc1ccccc1N1CCN(C(=O)CCNc2ccc(N(C)C)cc2)CC1. The first-order valence-corrected chi connectivity index (χ1v) is 9.75. The second-order valence-electron chi connectivity index (χ2n) is 7.16. The fraction of sp³-hybridized carbons (Fsp3) is 0.409. The minimum Gasteiger partial charge on any atom is -0.495 e. The molecule has 6 nitrogen and oxygen atoms in total. The van der Waals surface area contributed by atoms with Crippen LogP contribution < -0.4 is 19.9 Å². The van der Waals surface area contributed by atoms with E-state index in [1.807, 2.05) is 49.3 Å². The van der Waals surface area contributed by atoms with E-state index in [9.17, 15) is 4.79 Å². The average Bonchev–Trinajstić information content (AvgIpc) is 2.74. The van der Waals surface area contributed by atoms with Gasteiger partial charge in [0.25, 0.3) is 0 Å². The maximum atomic E-state index is 12.5. The molecule has 1 N–H and O–H groups in total. The Morgan fingerprint density at radius 1 is 1.04 bits per heavy atom. The molecule has 1 amide bonds. The third-order valence-electron chi connectivity index (χ3n) is 5.11. The zero-order chi connectivity index (χ0) is 19.9. The van der Waals surface area contributed by atoms with Crippen molar-refractivity contribution in [3.63, 3.8) is 0 Å². The van der Waals surface area contributed by atoms with Crippen molar-refractivity contribution in [1.82, 2.24) is 4.90 Å². The quantitative estimate of drug-likeness (QED) is 0.798. The van der Waals surface area contributed by atoms with Crippen LogP contribution in [-0.4, -0.2) is 64.7 Å². The van der Waals surface area contributed by atoms with E-state index in [-0.39, 0.29) is 5.91 Å². The highest BCUT2D eigenvalue weighted by atomic mass is 16.5. The van der Waals surface area contributed by atoms with E-state index in [2.05, 4.69) is 33.3 Å². The molecule has 0 aliphatic carbocycles. The number of piperazine rings is 1. The van der Waals surface area contributed by atoms with Gasteiger partial charge in [-0.3, -0.25) is 4.79 Å². The molecule has 0 saturated carbocycles. The molecule has 2 aromatic rings. The summed E-state index contributed by atoms with van der Waals surface area (Å²) in [5.74, 6) is 1.09. The molecule has 2 aromatic carbocycles. The van der Waals surface area contributed by atoms with Crippen LogP contribution in [0.1, 0.15) is 6.42 Å². The van der Waals surface area contributed by atoms with Gasteiger partial charge >= 0.3 is 0 Å². The Bertz CT molecular complexity index is 768. The van der Waals surface area contributed by atoms with E-state index in [1.165, 1.54) is 0 Å². The highest BCUT2D eigenvalue weighted by Gasteiger charge is 2.22. The third kappa shape index (κ3) is 4.88. The predicted octanol–water partition coefficient (Wildman–Crippen LogP) is 2.91. The predicted molar refractivity (Wildman–Crippen MR) is 116 cm³/mol. The summed E-state index contributed by atoms with van der Waals surface area (Å²) in [7, 11) is 5.74. The van der Waals surface area contributed by atoms with Crippen molar-refractivity contribution in [3.8, 4) is 5.75 Å². The molecule has 28 heavy (non-hydrogen) atoms. The van der Waals surface area contributed by atoms with Crippen molar-refractivity contribution in [2.75, 3.05) is 69.0 Å². The summed E-state index contributed by atoms with van der Waals surface area (Å²) in [5.41, 5.74) is 3.30. The number of amides is 1. The van der Waals surface area contributed by atoms with Crippen molar-refractivity contribution in [2.24, 2.45) is 0 Å². The van der Waals surface area contributed by atoms with Crippen LogP contribution in [0.25, 0.3) is 0 Å². The second kappa shape index (κ2) is 9.35. The maximum Gasteiger partial charge on any atom is 0.224 e. The molecule has 1 heterocycles. The molecular formula is C22H30N4O2. The van der Waals surface area contributed by atoms with Crippen LogP contribution in [0.3, 0.4) is 0 Å². The Morgan fingerprint density at radius 2 is 1.71 bits per heavy atom. The zero-order valence-electron chi connectivity index (χ0n) is 17.0. The van der Waals surface area contributed by atoms with E-state index < -0.39 is 0 Å². The molecule has 0 bridgehead atoms. The van der Waals surface area contributed by atoms with Gasteiger partial charge in [-0.05, 0) is 36.4 Å². The van der Waals surface area contributed by atoms with E-state index in [0.29, 0.717) is 13.0 Å². The van der Waals surface area contributed by atoms with E-state index >= 15 is 0 Å². The number of nitrogens with one attached hydrogen (secondary N) is 1. The number of ether oxygens (including phenoxy) is 1. The summed E-state index contributed by atoms with van der Waals surface area (Å²) in [6.45, 7) is 3.78. The average molecular weight is 383 g/mol. The standard InChI is InChI=1S/C22H30N4O2/c1-24(2)19-10-8-18(9-11-19)23-13-12-22(27)26-16-14-25(15-17-26)20-6-4-5-7-21(20)28-3/h4-11,23H,12-17H2,1-3H3. The van der Waals surface area contributed by atoms with Crippen molar-refractivity contribution in [1.29, 1.82) is 0 Å². The lowest BCUT2D eigenvalue weighted by atomic mass is 10.2. The Labute approximate surface area is 167 Å². The molecule has 6 heteroatoms. The highest BCUT2D eigenvalue weighted by molar-refractivity contribution is 5.77. The van der Waals surface area contributed by atoms with E-state index in [4.69, 9.17) is 4.74 Å². The van der Waals surface area contributed by atoms with Crippen LogP contribution in [0.2, 0.25) is 0 Å². The number of methoxy groups -OCH3 is 1. The van der Waals surface area contributed by atoms with Gasteiger partial charge in [0.1, 0.15) is 5.75 Å². The molecule has 0 atom stereocenters. The lowest BCUT2D eigenvalue weighted by molar-refractivity contribution is -0.131. The Kier molecular flexibility index (Phi) is 6.63. The smallest absolute Gasteiger partial charge is 0.224 e. The second-order valence-corrected chi connectivity index (χ2v) is 7.16. The van der Waals surface area contributed by atoms with Crippen molar-refractivity contribution in [3.05, 3.63) is 48.5 Å². The monoisotopic (exact) mass is 382 g/mol. The van der Waals surface area contributed by atoms with Gasteiger partial charge in [-0.15, -0.1) is 0 Å². The fourth-order valence-electron chi connectivity index (χ4n) is 3.44. The van der Waals surface area contributed by atoms with Gasteiger partial charge in [0.15, 0.2) is 0 Å². The number of nitrogens with zero attached hydrogens (tertiary/aromatic N) is 3. The molecule has 150 valence electrons. The molecule has 0 aromatic heterocycles. The molecule has 1 fully saturated rings. The zero-order valence-corrected chi connectivity index (χ0v) is 17.0. The largest absolute Gasteiger partial charge is 0.495 e. The van der Waals surface area contributed by atoms with E-state index in [0.717, 1.165) is 49.0 Å². The number of rotatable bonds is 7. The summed E-state index contributed by atoms with van der Waals surface area (Å²) < 4.78 is 5.46.